The Balaban J connectivity index is 1.81. The van der Waals surface area contributed by atoms with E-state index in [-0.39, 0.29) is 11.5 Å². The standard InChI is InChI=1S/C18H17ClN4O2/c1-11-3-5-12(6-4-11)9-15-17(24)21-18(23-22-15)20-14-10-13(19)7-8-16(14)25-2/h3-8,10H,9H2,1-2H3,(H2,20,21,23,24). The number of benzene rings is 2. The maximum atomic E-state index is 12.3. The predicted octanol–water partition coefficient (Wildman–Crippen LogP) is 3.47. The zero-order valence-electron chi connectivity index (χ0n) is 13.8. The third-order valence-electron chi connectivity index (χ3n) is 3.67. The second-order valence-electron chi connectivity index (χ2n) is 5.58. The highest BCUT2D eigenvalue weighted by Crippen LogP contribution is 2.29. The lowest BCUT2D eigenvalue weighted by atomic mass is 10.1. The van der Waals surface area contributed by atoms with Gasteiger partial charge in [0.15, 0.2) is 0 Å². The summed E-state index contributed by atoms with van der Waals surface area (Å²) in [6.45, 7) is 2.01. The van der Waals surface area contributed by atoms with Gasteiger partial charge in [0.05, 0.1) is 12.8 Å². The predicted molar refractivity (Wildman–Crippen MR) is 97.9 cm³/mol. The number of ether oxygens (including phenoxy) is 1. The van der Waals surface area contributed by atoms with Gasteiger partial charge in [0.1, 0.15) is 11.4 Å². The number of hydrogen-bond donors (Lipinski definition) is 2. The van der Waals surface area contributed by atoms with Crippen LogP contribution in [0, 0.1) is 6.92 Å². The summed E-state index contributed by atoms with van der Waals surface area (Å²) in [5.41, 5.74) is 2.82. The Kier molecular flexibility index (Phi) is 5.00. The average molecular weight is 357 g/mol. The summed E-state index contributed by atoms with van der Waals surface area (Å²) in [7, 11) is 1.55. The molecule has 0 aliphatic rings. The first kappa shape index (κ1) is 17.0. The van der Waals surface area contributed by atoms with Gasteiger partial charge in [-0.05, 0) is 30.7 Å². The highest BCUT2D eigenvalue weighted by Gasteiger charge is 2.09. The zero-order chi connectivity index (χ0) is 17.8. The molecule has 25 heavy (non-hydrogen) atoms. The molecule has 0 saturated heterocycles. The van der Waals surface area contributed by atoms with Crippen molar-refractivity contribution >= 4 is 23.2 Å². The number of nitrogens with zero attached hydrogens (tertiary/aromatic N) is 2. The SMILES string of the molecule is COc1ccc(Cl)cc1Nc1nnc(Cc2ccc(C)cc2)c(=O)[nH]1. The quantitative estimate of drug-likeness (QED) is 0.731. The molecule has 7 heteroatoms. The van der Waals surface area contributed by atoms with E-state index in [2.05, 4.69) is 20.5 Å². The zero-order valence-corrected chi connectivity index (χ0v) is 14.6. The third-order valence-corrected chi connectivity index (χ3v) is 3.91. The van der Waals surface area contributed by atoms with Crippen LogP contribution in [0.3, 0.4) is 0 Å². The first-order valence-electron chi connectivity index (χ1n) is 7.67. The van der Waals surface area contributed by atoms with Crippen LogP contribution in [0.15, 0.2) is 47.3 Å². The van der Waals surface area contributed by atoms with Crippen molar-refractivity contribution in [1.29, 1.82) is 0 Å². The normalized spacial score (nSPS) is 10.5. The second-order valence-corrected chi connectivity index (χ2v) is 6.02. The summed E-state index contributed by atoms with van der Waals surface area (Å²) >= 11 is 5.99. The minimum Gasteiger partial charge on any atom is -0.495 e. The van der Waals surface area contributed by atoms with Crippen molar-refractivity contribution in [3.63, 3.8) is 0 Å². The fraction of sp³-hybridized carbons (Fsp3) is 0.167. The molecule has 0 bridgehead atoms. The lowest BCUT2D eigenvalue weighted by Crippen LogP contribution is -2.19. The Bertz CT molecular complexity index is 939. The summed E-state index contributed by atoms with van der Waals surface area (Å²) in [6, 6.07) is 13.1. The molecule has 0 radical (unpaired) electrons. The van der Waals surface area contributed by atoms with Gasteiger partial charge < -0.3 is 10.1 Å². The Labute approximate surface area is 149 Å². The Morgan fingerprint density at radius 2 is 1.92 bits per heavy atom. The van der Waals surface area contributed by atoms with Gasteiger partial charge in [-0.15, -0.1) is 10.2 Å². The van der Waals surface area contributed by atoms with Gasteiger partial charge in [-0.25, -0.2) is 0 Å². The summed E-state index contributed by atoms with van der Waals surface area (Å²) in [5.74, 6) is 0.800. The van der Waals surface area contributed by atoms with E-state index in [1.54, 1.807) is 25.3 Å². The number of hydrogen-bond acceptors (Lipinski definition) is 5. The Morgan fingerprint density at radius 1 is 1.16 bits per heavy atom. The van der Waals surface area contributed by atoms with Crippen molar-refractivity contribution in [2.45, 2.75) is 13.3 Å². The summed E-state index contributed by atoms with van der Waals surface area (Å²) in [4.78, 5) is 15.0. The number of rotatable bonds is 5. The minimum atomic E-state index is -0.293. The highest BCUT2D eigenvalue weighted by molar-refractivity contribution is 6.30. The van der Waals surface area contributed by atoms with Crippen LogP contribution in [0.2, 0.25) is 5.02 Å². The van der Waals surface area contributed by atoms with Crippen molar-refractivity contribution in [3.05, 3.63) is 74.7 Å². The number of halogens is 1. The molecular formula is C18H17ClN4O2. The molecular weight excluding hydrogens is 340 g/mol. The maximum absolute atomic E-state index is 12.3. The van der Waals surface area contributed by atoms with Gasteiger partial charge in [0.25, 0.3) is 5.56 Å². The van der Waals surface area contributed by atoms with Crippen LogP contribution in [0.5, 0.6) is 5.75 Å². The topological polar surface area (TPSA) is 79.9 Å². The first-order chi connectivity index (χ1) is 12.0. The van der Waals surface area contributed by atoms with Gasteiger partial charge >= 0.3 is 0 Å². The molecule has 128 valence electrons. The van der Waals surface area contributed by atoms with Crippen LogP contribution in [-0.2, 0) is 6.42 Å². The molecule has 0 saturated carbocycles. The van der Waals surface area contributed by atoms with Crippen LogP contribution in [0.4, 0.5) is 11.6 Å². The van der Waals surface area contributed by atoms with Crippen LogP contribution in [0.25, 0.3) is 0 Å². The smallest absolute Gasteiger partial charge is 0.274 e. The molecule has 3 rings (SSSR count). The lowest BCUT2D eigenvalue weighted by molar-refractivity contribution is 0.417. The number of aromatic amines is 1. The van der Waals surface area contributed by atoms with E-state index in [4.69, 9.17) is 16.3 Å². The highest BCUT2D eigenvalue weighted by atomic mass is 35.5. The van der Waals surface area contributed by atoms with Gasteiger partial charge in [-0.2, -0.15) is 0 Å². The molecule has 0 amide bonds. The average Bonchev–Trinajstić information content (AvgIpc) is 2.59. The molecule has 1 heterocycles. The van der Waals surface area contributed by atoms with Gasteiger partial charge in [-0.1, -0.05) is 41.4 Å². The molecule has 3 aromatic rings. The number of H-pyrrole nitrogens is 1. The molecule has 6 nitrogen and oxygen atoms in total. The van der Waals surface area contributed by atoms with Gasteiger partial charge in [0, 0.05) is 11.4 Å². The van der Waals surface area contributed by atoms with E-state index in [9.17, 15) is 4.79 Å². The molecule has 2 N–H and O–H groups in total. The van der Waals surface area contributed by atoms with Crippen molar-refractivity contribution in [1.82, 2.24) is 15.2 Å². The van der Waals surface area contributed by atoms with E-state index in [0.29, 0.717) is 28.6 Å². The van der Waals surface area contributed by atoms with E-state index < -0.39 is 0 Å². The minimum absolute atomic E-state index is 0.221. The van der Waals surface area contributed by atoms with Crippen molar-refractivity contribution < 1.29 is 4.74 Å². The van der Waals surface area contributed by atoms with Crippen LogP contribution in [0.1, 0.15) is 16.8 Å². The van der Waals surface area contributed by atoms with Crippen molar-refractivity contribution in [3.8, 4) is 5.75 Å². The fourth-order valence-corrected chi connectivity index (χ4v) is 2.51. The number of methoxy groups -OCH3 is 1. The third kappa shape index (κ3) is 4.16. The largest absolute Gasteiger partial charge is 0.495 e. The van der Waals surface area contributed by atoms with E-state index >= 15 is 0 Å². The first-order valence-corrected chi connectivity index (χ1v) is 8.05. The maximum Gasteiger partial charge on any atom is 0.274 e. The molecule has 0 spiro atoms. The molecule has 0 atom stereocenters. The van der Waals surface area contributed by atoms with E-state index in [1.807, 2.05) is 31.2 Å². The van der Waals surface area contributed by atoms with Crippen LogP contribution in [-0.4, -0.2) is 22.3 Å². The van der Waals surface area contributed by atoms with Gasteiger partial charge in [0.2, 0.25) is 5.95 Å². The van der Waals surface area contributed by atoms with Crippen molar-refractivity contribution in [2.75, 3.05) is 12.4 Å². The van der Waals surface area contributed by atoms with E-state index in [1.165, 1.54) is 5.56 Å². The van der Waals surface area contributed by atoms with E-state index in [0.717, 1.165) is 5.56 Å². The lowest BCUT2D eigenvalue weighted by Gasteiger charge is -2.10. The van der Waals surface area contributed by atoms with Gasteiger partial charge in [-0.3, -0.25) is 9.78 Å². The number of aromatic nitrogens is 3. The van der Waals surface area contributed by atoms with Crippen LogP contribution >= 0.6 is 11.6 Å². The molecule has 1 aromatic heterocycles. The molecule has 0 aliphatic heterocycles. The second kappa shape index (κ2) is 7.36. The Morgan fingerprint density at radius 3 is 2.60 bits per heavy atom. The fourth-order valence-electron chi connectivity index (χ4n) is 2.34. The summed E-state index contributed by atoms with van der Waals surface area (Å²) in [5, 5.41) is 11.6. The summed E-state index contributed by atoms with van der Waals surface area (Å²) < 4.78 is 5.25. The number of aryl methyl sites for hydroxylation is 1. The molecule has 0 aliphatic carbocycles. The summed E-state index contributed by atoms with van der Waals surface area (Å²) in [6.07, 6.45) is 0.420. The number of nitrogens with one attached hydrogen (secondary N) is 2. The van der Waals surface area contributed by atoms with Crippen molar-refractivity contribution in [2.24, 2.45) is 0 Å². The van der Waals surface area contributed by atoms with Crippen LogP contribution < -0.4 is 15.6 Å². The number of anilines is 2. The Hall–Kier alpha value is -2.86. The molecule has 0 unspecified atom stereocenters. The molecule has 0 fully saturated rings. The molecule has 2 aromatic carbocycles. The monoisotopic (exact) mass is 356 g/mol.